The first kappa shape index (κ1) is 42.0. The number of methoxy groups -OCH3 is 1. The van der Waals surface area contributed by atoms with Crippen molar-refractivity contribution in [1.82, 2.24) is 25.2 Å². The Morgan fingerprint density at radius 2 is 1.70 bits per heavy atom. The Labute approximate surface area is 328 Å². The van der Waals surface area contributed by atoms with E-state index in [0.29, 0.717) is 28.1 Å². The second-order valence-corrected chi connectivity index (χ2v) is 19.0. The quantitative estimate of drug-likeness (QED) is 0.209. The number of likely N-dealkylation sites (tertiary alicyclic amines) is 1. The van der Waals surface area contributed by atoms with Crippen molar-refractivity contribution in [3.63, 3.8) is 0 Å². The Morgan fingerprint density at radius 3 is 2.27 bits per heavy atom. The molecule has 3 aromatic rings. The summed E-state index contributed by atoms with van der Waals surface area (Å²) >= 11 is 0. The zero-order chi connectivity index (χ0) is 41.4. The van der Waals surface area contributed by atoms with Crippen molar-refractivity contribution in [2.45, 2.75) is 103 Å². The molecule has 1 saturated carbocycles. The maximum absolute atomic E-state index is 14.6. The Balaban J connectivity index is 1.53. The molecular weight excluding hydrogens is 739 g/mol. The first-order chi connectivity index (χ1) is 26.1. The van der Waals surface area contributed by atoms with E-state index in [0.717, 1.165) is 5.56 Å². The lowest BCUT2D eigenvalue weighted by molar-refractivity contribution is -0.143. The number of fused-ring (bicyclic) bond motifs is 1. The number of hydrogen-bond donors (Lipinski definition) is 3. The maximum Gasteiger partial charge on any atom is 0.408 e. The van der Waals surface area contributed by atoms with E-state index in [9.17, 15) is 27.6 Å². The van der Waals surface area contributed by atoms with Gasteiger partial charge < -0.3 is 29.7 Å². The number of ether oxygens (including phenoxy) is 3. The van der Waals surface area contributed by atoms with Crippen LogP contribution in [0.4, 0.5) is 4.79 Å². The lowest BCUT2D eigenvalue weighted by Gasteiger charge is -2.36. The molecule has 302 valence electrons. The fourth-order valence-electron chi connectivity index (χ4n) is 6.63. The van der Waals surface area contributed by atoms with Gasteiger partial charge in [-0.05, 0) is 58.6 Å². The van der Waals surface area contributed by atoms with Crippen molar-refractivity contribution >= 4 is 44.7 Å². The molecule has 14 nitrogen and oxygen atoms in total. The van der Waals surface area contributed by atoms with E-state index >= 15 is 0 Å². The number of nitrogens with zero attached hydrogens (tertiary/aromatic N) is 2. The van der Waals surface area contributed by atoms with Gasteiger partial charge in [0.1, 0.15) is 40.8 Å². The molecule has 5 rings (SSSR count). The summed E-state index contributed by atoms with van der Waals surface area (Å²) in [7, 11) is -2.46. The predicted octanol–water partition coefficient (Wildman–Crippen LogP) is 5.11. The van der Waals surface area contributed by atoms with Gasteiger partial charge in [0.05, 0.1) is 30.1 Å². The summed E-state index contributed by atoms with van der Waals surface area (Å²) in [5.41, 5.74) is -1.21. The maximum atomic E-state index is 14.6. The van der Waals surface area contributed by atoms with Crippen LogP contribution in [-0.2, 0) is 29.1 Å². The van der Waals surface area contributed by atoms with E-state index < -0.39 is 79.7 Å². The number of hydrogen-bond acceptors (Lipinski definition) is 10. The van der Waals surface area contributed by atoms with Gasteiger partial charge in [0.25, 0.3) is 5.91 Å². The van der Waals surface area contributed by atoms with Gasteiger partial charge in [0.2, 0.25) is 21.8 Å². The first-order valence-electron chi connectivity index (χ1n) is 18.6. The number of sulfonamides is 1. The highest BCUT2D eigenvalue weighted by molar-refractivity contribution is 7.90. The number of carbonyl (C=O) groups excluding carboxylic acids is 4. The normalized spacial score (nSPS) is 21.5. The van der Waals surface area contributed by atoms with E-state index in [1.54, 1.807) is 66.9 Å². The lowest BCUT2D eigenvalue weighted by atomic mass is 9.85. The largest absolute Gasteiger partial charge is 0.497 e. The Morgan fingerprint density at radius 1 is 1.02 bits per heavy atom. The fourth-order valence-corrected chi connectivity index (χ4v) is 7.30. The highest BCUT2D eigenvalue weighted by atomic mass is 32.2. The number of aromatic nitrogens is 1. The van der Waals surface area contributed by atoms with Crippen LogP contribution in [0.5, 0.6) is 11.5 Å². The number of pyridine rings is 1. The van der Waals surface area contributed by atoms with E-state index in [4.69, 9.17) is 19.2 Å². The van der Waals surface area contributed by atoms with E-state index in [-0.39, 0.29) is 19.4 Å². The third kappa shape index (κ3) is 9.26. The summed E-state index contributed by atoms with van der Waals surface area (Å²) in [5.74, 6) is -1.65. The van der Waals surface area contributed by atoms with Crippen LogP contribution in [0.1, 0.15) is 68.2 Å². The zero-order valence-corrected chi connectivity index (χ0v) is 34.3. The highest BCUT2D eigenvalue weighted by Gasteiger charge is 2.61. The number of alkyl carbamates (subject to hydrolysis) is 1. The minimum absolute atomic E-state index is 0.00224. The molecular formula is C41H53N5O9S. The summed E-state index contributed by atoms with van der Waals surface area (Å²) in [6, 6.07) is 14.4. The van der Waals surface area contributed by atoms with Gasteiger partial charge >= 0.3 is 6.09 Å². The van der Waals surface area contributed by atoms with Crippen molar-refractivity contribution in [3.8, 4) is 22.8 Å². The topological polar surface area (TPSA) is 182 Å². The molecule has 2 fully saturated rings. The average Bonchev–Trinajstić information content (AvgIpc) is 3.67. The molecule has 0 radical (unpaired) electrons. The van der Waals surface area contributed by atoms with E-state index in [2.05, 4.69) is 21.9 Å². The third-order valence-corrected chi connectivity index (χ3v) is 11.6. The summed E-state index contributed by atoms with van der Waals surface area (Å²) < 4.78 is 45.2. The molecule has 56 heavy (non-hydrogen) atoms. The van der Waals surface area contributed by atoms with Crippen LogP contribution in [0.3, 0.4) is 0 Å². The second-order valence-electron chi connectivity index (χ2n) is 16.7. The van der Waals surface area contributed by atoms with Gasteiger partial charge in [0, 0.05) is 35.4 Å². The number of benzene rings is 2. The van der Waals surface area contributed by atoms with Gasteiger partial charge in [-0.1, -0.05) is 57.2 Å². The van der Waals surface area contributed by atoms with Crippen LogP contribution in [0.15, 0.2) is 67.3 Å². The van der Waals surface area contributed by atoms with Crippen LogP contribution in [0, 0.1) is 11.3 Å². The van der Waals surface area contributed by atoms with Crippen LogP contribution in [0.25, 0.3) is 22.2 Å². The summed E-state index contributed by atoms with van der Waals surface area (Å²) in [6.07, 6.45) is 0.0531. The monoisotopic (exact) mass is 791 g/mol. The van der Waals surface area contributed by atoms with E-state index in [1.165, 1.54) is 24.8 Å². The molecule has 0 bridgehead atoms. The molecule has 1 unspecified atom stereocenters. The average molecular weight is 792 g/mol. The first-order valence-corrected chi connectivity index (χ1v) is 20.1. The van der Waals surface area contributed by atoms with Gasteiger partial charge in [0.15, 0.2) is 0 Å². The highest BCUT2D eigenvalue weighted by Crippen LogP contribution is 2.45. The molecule has 1 aromatic heterocycles. The van der Waals surface area contributed by atoms with Gasteiger partial charge in [-0.25, -0.2) is 18.2 Å². The standard InChI is InChI=1S/C41H53N5O9S/c1-11-26-22-41(26,37(49)45-56(51,52)24(2)3)44-35(47)32-20-28(23-46(32)36(48)34(39(4,5)6)43-38(50)55-40(7,8)9)54-33-21-30(25-15-13-12-14-16-25)42-31-19-27(53-10)17-18-29(31)33/h11-19,21,24,26,28,32,34H,1,20,22-23H2,2-10H3,(H,43,50)(H,44,47)(H,45,49)/t26?,28-,32+,34-,41-/m1/s1. The number of amides is 4. The van der Waals surface area contributed by atoms with E-state index in [1.807, 2.05) is 36.4 Å². The molecule has 3 N–H and O–H groups in total. The van der Waals surface area contributed by atoms with Crippen molar-refractivity contribution in [2.75, 3.05) is 13.7 Å². The predicted molar refractivity (Wildman–Crippen MR) is 212 cm³/mol. The minimum Gasteiger partial charge on any atom is -0.497 e. The fraction of sp³-hybridized carbons (Fsp3) is 0.488. The molecule has 15 heteroatoms. The molecule has 5 atom stereocenters. The second kappa shape index (κ2) is 15.8. The minimum atomic E-state index is -4.03. The molecule has 1 aliphatic carbocycles. The molecule has 1 aliphatic heterocycles. The molecule has 2 heterocycles. The van der Waals surface area contributed by atoms with Crippen LogP contribution < -0.4 is 24.8 Å². The molecule has 2 aromatic carbocycles. The molecule has 1 saturated heterocycles. The summed E-state index contributed by atoms with van der Waals surface area (Å²) in [5, 5.41) is 5.28. The van der Waals surface area contributed by atoms with Gasteiger partial charge in [-0.15, -0.1) is 6.58 Å². The molecule has 0 spiro atoms. The van der Waals surface area contributed by atoms with Gasteiger partial charge in [-0.3, -0.25) is 19.1 Å². The summed E-state index contributed by atoms with van der Waals surface area (Å²) in [4.78, 5) is 61.9. The lowest BCUT2D eigenvalue weighted by Crippen LogP contribution is -2.60. The summed E-state index contributed by atoms with van der Waals surface area (Å²) in [6.45, 7) is 17.0. The van der Waals surface area contributed by atoms with Crippen molar-refractivity contribution in [3.05, 3.63) is 67.3 Å². The SMILES string of the molecule is C=CC1C[C@]1(NC(=O)[C@@H]1C[C@@H](Oc2cc(-c3ccccc3)nc3cc(OC)ccc23)CN1C(=O)[C@@H](NC(=O)OC(C)(C)C)C(C)(C)C)C(=O)NS(=O)(=O)C(C)C. The van der Waals surface area contributed by atoms with Gasteiger partial charge in [-0.2, -0.15) is 0 Å². The van der Waals surface area contributed by atoms with Crippen LogP contribution >= 0.6 is 0 Å². The Bertz CT molecular complexity index is 2110. The molecule has 4 amide bonds. The molecule has 2 aliphatic rings. The number of rotatable bonds is 12. The third-order valence-electron chi connectivity index (χ3n) is 9.87. The van der Waals surface area contributed by atoms with Crippen molar-refractivity contribution < 1.29 is 41.8 Å². The number of nitrogens with one attached hydrogen (secondary N) is 3. The smallest absolute Gasteiger partial charge is 0.408 e. The van der Waals surface area contributed by atoms with Crippen LogP contribution in [0.2, 0.25) is 0 Å². The Kier molecular flexibility index (Phi) is 11.8. The van der Waals surface area contributed by atoms with Crippen molar-refractivity contribution in [2.24, 2.45) is 11.3 Å². The van der Waals surface area contributed by atoms with Crippen molar-refractivity contribution in [1.29, 1.82) is 0 Å². The Hall–Kier alpha value is -5.18. The number of carbonyl (C=O) groups is 4. The van der Waals surface area contributed by atoms with Crippen LogP contribution in [-0.4, -0.2) is 90.3 Å². The zero-order valence-electron chi connectivity index (χ0n) is 33.5.